The van der Waals surface area contributed by atoms with Crippen molar-refractivity contribution in [3.63, 3.8) is 0 Å². The summed E-state index contributed by atoms with van der Waals surface area (Å²) in [7, 11) is 0. The third-order valence-corrected chi connectivity index (χ3v) is 3.88. The number of carbonyl (C=O) groups is 2. The van der Waals surface area contributed by atoms with Gasteiger partial charge < -0.3 is 5.73 Å². The molecule has 21 heavy (non-hydrogen) atoms. The van der Waals surface area contributed by atoms with Crippen LogP contribution in [0.2, 0.25) is 0 Å². The van der Waals surface area contributed by atoms with E-state index in [1.807, 2.05) is 48.5 Å². The van der Waals surface area contributed by atoms with Crippen LogP contribution in [-0.4, -0.2) is 11.1 Å². The summed E-state index contributed by atoms with van der Waals surface area (Å²) in [6, 6.07) is 15.4. The van der Waals surface area contributed by atoms with Gasteiger partial charge in [0.1, 0.15) is 0 Å². The first-order valence-electron chi connectivity index (χ1n) is 6.33. The molecule has 1 aliphatic heterocycles. The smallest absolute Gasteiger partial charge is 0.290 e. The molecule has 1 heterocycles. The van der Waals surface area contributed by atoms with Crippen LogP contribution in [0.4, 0.5) is 10.5 Å². The molecule has 4 nitrogen and oxygen atoms in total. The fourth-order valence-electron chi connectivity index (χ4n) is 2.06. The molecule has 0 radical (unpaired) electrons. The molecule has 1 fully saturated rings. The zero-order valence-electron chi connectivity index (χ0n) is 11.0. The van der Waals surface area contributed by atoms with E-state index in [4.69, 9.17) is 5.73 Å². The number of thioether (sulfide) groups is 1. The molecule has 3 rings (SSSR count). The third kappa shape index (κ3) is 2.98. The molecule has 2 aromatic rings. The molecule has 2 aromatic carbocycles. The van der Waals surface area contributed by atoms with Crippen molar-refractivity contribution in [1.29, 1.82) is 0 Å². The molecule has 0 saturated carbocycles. The fraction of sp³-hybridized carbons (Fsp3) is 0. The number of hydrogen-bond donors (Lipinski definition) is 2. The average molecular weight is 296 g/mol. The van der Waals surface area contributed by atoms with E-state index in [0.29, 0.717) is 4.91 Å². The van der Waals surface area contributed by atoms with E-state index in [2.05, 4.69) is 5.32 Å². The summed E-state index contributed by atoms with van der Waals surface area (Å²) >= 11 is 0.916. The lowest BCUT2D eigenvalue weighted by atomic mass is 10.0. The topological polar surface area (TPSA) is 72.2 Å². The number of benzene rings is 2. The van der Waals surface area contributed by atoms with Gasteiger partial charge in [0, 0.05) is 5.69 Å². The van der Waals surface area contributed by atoms with Gasteiger partial charge in [0.15, 0.2) is 0 Å². The maximum atomic E-state index is 11.5. The maximum Gasteiger partial charge on any atom is 0.290 e. The lowest BCUT2D eigenvalue weighted by Gasteiger charge is -2.03. The number of nitrogens with one attached hydrogen (secondary N) is 1. The van der Waals surface area contributed by atoms with Crippen LogP contribution >= 0.6 is 11.8 Å². The largest absolute Gasteiger partial charge is 0.399 e. The first-order valence-corrected chi connectivity index (χ1v) is 7.14. The van der Waals surface area contributed by atoms with Gasteiger partial charge in [-0.2, -0.15) is 0 Å². The molecule has 1 saturated heterocycles. The van der Waals surface area contributed by atoms with Gasteiger partial charge >= 0.3 is 0 Å². The third-order valence-electron chi connectivity index (χ3n) is 3.07. The lowest BCUT2D eigenvalue weighted by molar-refractivity contribution is -0.115. The van der Waals surface area contributed by atoms with Crippen molar-refractivity contribution in [3.8, 4) is 11.1 Å². The summed E-state index contributed by atoms with van der Waals surface area (Å²) in [6.07, 6.45) is 1.70. The quantitative estimate of drug-likeness (QED) is 0.659. The Bertz CT molecular complexity index is 751. The summed E-state index contributed by atoms with van der Waals surface area (Å²) in [6.45, 7) is 0. The zero-order chi connectivity index (χ0) is 14.8. The number of rotatable bonds is 2. The Hall–Kier alpha value is -2.53. The van der Waals surface area contributed by atoms with Crippen LogP contribution in [0, 0.1) is 0 Å². The molecule has 0 atom stereocenters. The van der Waals surface area contributed by atoms with Crippen LogP contribution in [-0.2, 0) is 4.79 Å². The number of nitrogens with two attached hydrogens (primary N) is 1. The number of amides is 2. The molecular formula is C16H12N2O2S. The van der Waals surface area contributed by atoms with Gasteiger partial charge in [0.05, 0.1) is 4.91 Å². The molecule has 0 aliphatic carbocycles. The van der Waals surface area contributed by atoms with Crippen LogP contribution < -0.4 is 11.1 Å². The van der Waals surface area contributed by atoms with Gasteiger partial charge in [-0.1, -0.05) is 36.4 Å². The highest BCUT2D eigenvalue weighted by molar-refractivity contribution is 8.18. The van der Waals surface area contributed by atoms with E-state index < -0.39 is 0 Å². The second-order valence-electron chi connectivity index (χ2n) is 4.60. The maximum absolute atomic E-state index is 11.5. The van der Waals surface area contributed by atoms with Crippen LogP contribution in [0.5, 0.6) is 0 Å². The Kier molecular flexibility index (Phi) is 3.50. The minimum absolute atomic E-state index is 0.331. The van der Waals surface area contributed by atoms with Gasteiger partial charge in [0.2, 0.25) is 0 Å². The SMILES string of the molecule is Nc1cccc(-c2ccc(C=C3SC(=O)NC3=O)cc2)c1. The number of carbonyl (C=O) groups excluding carboxylic acids is 2. The monoisotopic (exact) mass is 296 g/mol. The summed E-state index contributed by atoms with van der Waals surface area (Å²) in [5.41, 5.74) is 9.45. The van der Waals surface area contributed by atoms with Crippen LogP contribution in [0.3, 0.4) is 0 Å². The van der Waals surface area contributed by atoms with Crippen molar-refractivity contribution in [1.82, 2.24) is 5.32 Å². The molecular weight excluding hydrogens is 284 g/mol. The molecule has 0 spiro atoms. The highest BCUT2D eigenvalue weighted by Gasteiger charge is 2.24. The highest BCUT2D eigenvalue weighted by atomic mass is 32.2. The van der Waals surface area contributed by atoms with E-state index >= 15 is 0 Å². The number of nitrogen functional groups attached to an aromatic ring is 1. The van der Waals surface area contributed by atoms with Gasteiger partial charge in [-0.15, -0.1) is 0 Å². The summed E-state index contributed by atoms with van der Waals surface area (Å²) < 4.78 is 0. The van der Waals surface area contributed by atoms with E-state index in [-0.39, 0.29) is 11.1 Å². The number of hydrogen-bond acceptors (Lipinski definition) is 4. The highest BCUT2D eigenvalue weighted by Crippen LogP contribution is 2.27. The Labute approximate surface area is 126 Å². The first-order chi connectivity index (χ1) is 10.1. The Morgan fingerprint density at radius 2 is 1.76 bits per heavy atom. The number of anilines is 1. The van der Waals surface area contributed by atoms with Gasteiger partial charge in [-0.05, 0) is 46.7 Å². The second-order valence-corrected chi connectivity index (χ2v) is 5.61. The lowest BCUT2D eigenvalue weighted by Crippen LogP contribution is -2.17. The molecule has 5 heteroatoms. The van der Waals surface area contributed by atoms with Crippen molar-refractivity contribution >= 4 is 34.7 Å². The molecule has 0 aromatic heterocycles. The Balaban J connectivity index is 1.86. The van der Waals surface area contributed by atoms with Crippen LogP contribution in [0.1, 0.15) is 5.56 Å². The predicted molar refractivity (Wildman–Crippen MR) is 85.4 cm³/mol. The van der Waals surface area contributed by atoms with Gasteiger partial charge in [-0.25, -0.2) is 0 Å². The fourth-order valence-corrected chi connectivity index (χ4v) is 2.74. The summed E-state index contributed by atoms with van der Waals surface area (Å²) in [5, 5.41) is 1.90. The van der Waals surface area contributed by atoms with Crippen molar-refractivity contribution in [2.24, 2.45) is 0 Å². The molecule has 2 amide bonds. The van der Waals surface area contributed by atoms with Crippen LogP contribution in [0.25, 0.3) is 17.2 Å². The minimum atomic E-state index is -0.343. The summed E-state index contributed by atoms with van der Waals surface area (Å²) in [4.78, 5) is 23.0. The molecule has 1 aliphatic rings. The Morgan fingerprint density at radius 3 is 2.38 bits per heavy atom. The van der Waals surface area contributed by atoms with Crippen molar-refractivity contribution in [2.45, 2.75) is 0 Å². The minimum Gasteiger partial charge on any atom is -0.399 e. The van der Waals surface area contributed by atoms with Gasteiger partial charge in [-0.3, -0.25) is 14.9 Å². The van der Waals surface area contributed by atoms with E-state index in [9.17, 15) is 9.59 Å². The normalized spacial score (nSPS) is 16.3. The van der Waals surface area contributed by atoms with E-state index in [1.165, 1.54) is 0 Å². The average Bonchev–Trinajstić information content (AvgIpc) is 2.78. The molecule has 3 N–H and O–H groups in total. The first kappa shape index (κ1) is 13.5. The predicted octanol–water partition coefficient (Wildman–Crippen LogP) is 3.26. The Morgan fingerprint density at radius 1 is 1.00 bits per heavy atom. The van der Waals surface area contributed by atoms with Crippen LogP contribution in [0.15, 0.2) is 53.4 Å². The zero-order valence-corrected chi connectivity index (χ0v) is 11.8. The van der Waals surface area contributed by atoms with Crippen molar-refractivity contribution in [2.75, 3.05) is 5.73 Å². The van der Waals surface area contributed by atoms with Crippen molar-refractivity contribution in [3.05, 3.63) is 59.0 Å². The van der Waals surface area contributed by atoms with Crippen molar-refractivity contribution < 1.29 is 9.59 Å². The van der Waals surface area contributed by atoms with E-state index in [0.717, 1.165) is 34.1 Å². The summed E-state index contributed by atoms with van der Waals surface area (Å²) in [5.74, 6) is -0.343. The second kappa shape index (κ2) is 5.46. The molecule has 104 valence electrons. The molecule has 0 unspecified atom stereocenters. The van der Waals surface area contributed by atoms with E-state index in [1.54, 1.807) is 6.08 Å². The standard InChI is InChI=1S/C16H12N2O2S/c17-13-3-1-2-12(9-13)11-6-4-10(5-7-11)8-14-15(19)18-16(20)21-14/h1-9H,17H2,(H,18,19,20). The molecule has 0 bridgehead atoms. The number of imide groups is 1. The van der Waals surface area contributed by atoms with Gasteiger partial charge in [0.25, 0.3) is 11.1 Å².